The van der Waals surface area contributed by atoms with Crippen LogP contribution in [0.1, 0.15) is 36.0 Å². The summed E-state index contributed by atoms with van der Waals surface area (Å²) >= 11 is 2.39. The molecule has 0 unspecified atom stereocenters. The molecular weight excluding hydrogens is 341 g/mol. The van der Waals surface area contributed by atoms with Crippen molar-refractivity contribution in [2.24, 2.45) is 0 Å². The molecule has 0 aliphatic heterocycles. The van der Waals surface area contributed by atoms with Crippen LogP contribution in [0.2, 0.25) is 0 Å². The minimum atomic E-state index is -0.0252. The van der Waals surface area contributed by atoms with Crippen molar-refractivity contribution < 1.29 is 9.53 Å². The first-order valence-corrected chi connectivity index (χ1v) is 7.78. The lowest BCUT2D eigenvalue weighted by atomic mass is 10.2. The zero-order valence-electron chi connectivity index (χ0n) is 10.7. The fraction of sp³-hybridized carbons (Fsp3) is 0.500. The van der Waals surface area contributed by atoms with Crippen molar-refractivity contribution in [2.45, 2.75) is 25.7 Å². The molecule has 0 saturated carbocycles. The van der Waals surface area contributed by atoms with E-state index in [0.29, 0.717) is 11.3 Å². The molecule has 0 aliphatic carbocycles. The van der Waals surface area contributed by atoms with Gasteiger partial charge in [0.25, 0.3) is 5.91 Å². The molecule has 1 aromatic carbocycles. The summed E-state index contributed by atoms with van der Waals surface area (Å²) in [6.45, 7) is 0.747. The summed E-state index contributed by atoms with van der Waals surface area (Å²) < 4.78 is 6.31. The number of nitrogens with one attached hydrogen (secondary N) is 1. The average molecular weight is 361 g/mol. The Balaban J connectivity index is 2.27. The van der Waals surface area contributed by atoms with Crippen molar-refractivity contribution in [1.29, 1.82) is 0 Å². The molecule has 0 aromatic heterocycles. The summed E-state index contributed by atoms with van der Waals surface area (Å²) in [7, 11) is 1.60. The maximum absolute atomic E-state index is 11.8. The van der Waals surface area contributed by atoms with Gasteiger partial charge in [0.1, 0.15) is 5.75 Å². The van der Waals surface area contributed by atoms with Crippen molar-refractivity contribution in [1.82, 2.24) is 5.32 Å². The van der Waals surface area contributed by atoms with E-state index in [2.05, 4.69) is 27.9 Å². The molecule has 0 fully saturated rings. The second-order valence-corrected chi connectivity index (χ2v) is 5.17. The maximum Gasteiger partial charge on any atom is 0.251 e. The summed E-state index contributed by atoms with van der Waals surface area (Å²) in [6.07, 6.45) is 4.75. The summed E-state index contributed by atoms with van der Waals surface area (Å²) in [4.78, 5) is 11.8. The molecule has 100 valence electrons. The third kappa shape index (κ3) is 5.71. The number of carbonyl (C=O) groups is 1. The van der Waals surface area contributed by atoms with Crippen molar-refractivity contribution in [3.8, 4) is 5.75 Å². The largest absolute Gasteiger partial charge is 0.497 e. The predicted octanol–water partition coefficient (Wildman–Crippen LogP) is 3.42. The zero-order valence-corrected chi connectivity index (χ0v) is 12.9. The van der Waals surface area contributed by atoms with Gasteiger partial charge in [-0.3, -0.25) is 4.79 Å². The highest BCUT2D eigenvalue weighted by Gasteiger charge is 2.05. The molecule has 3 nitrogen and oxygen atoms in total. The minimum Gasteiger partial charge on any atom is -0.497 e. The molecule has 0 atom stereocenters. The molecule has 18 heavy (non-hydrogen) atoms. The lowest BCUT2D eigenvalue weighted by Gasteiger charge is -2.06. The predicted molar refractivity (Wildman–Crippen MR) is 82.7 cm³/mol. The summed E-state index contributed by atoms with van der Waals surface area (Å²) in [5.41, 5.74) is 0.654. The second-order valence-electron chi connectivity index (χ2n) is 4.09. The Hall–Kier alpha value is -0.780. The van der Waals surface area contributed by atoms with Gasteiger partial charge in [-0.2, -0.15) is 0 Å². The highest BCUT2D eigenvalue weighted by atomic mass is 127. The van der Waals surface area contributed by atoms with Gasteiger partial charge in [-0.05, 0) is 35.5 Å². The van der Waals surface area contributed by atoms with Crippen LogP contribution < -0.4 is 10.1 Å². The van der Waals surface area contributed by atoms with Crippen LogP contribution in [-0.2, 0) is 0 Å². The van der Waals surface area contributed by atoms with Gasteiger partial charge in [0.2, 0.25) is 0 Å². The first-order valence-electron chi connectivity index (χ1n) is 6.26. The molecule has 1 aromatic rings. The maximum atomic E-state index is 11.8. The zero-order chi connectivity index (χ0) is 13.2. The van der Waals surface area contributed by atoms with E-state index in [1.54, 1.807) is 19.2 Å². The molecule has 0 heterocycles. The minimum absolute atomic E-state index is 0.0252. The van der Waals surface area contributed by atoms with Gasteiger partial charge in [-0.25, -0.2) is 0 Å². The molecule has 0 bridgehead atoms. The van der Waals surface area contributed by atoms with Crippen LogP contribution in [0.3, 0.4) is 0 Å². The van der Waals surface area contributed by atoms with E-state index < -0.39 is 0 Å². The number of rotatable bonds is 8. The Kier molecular flexibility index (Phi) is 7.80. The van der Waals surface area contributed by atoms with Crippen molar-refractivity contribution in [3.05, 3.63) is 29.8 Å². The van der Waals surface area contributed by atoms with Gasteiger partial charge in [-0.15, -0.1) is 0 Å². The van der Waals surface area contributed by atoms with Gasteiger partial charge < -0.3 is 10.1 Å². The van der Waals surface area contributed by atoms with Crippen molar-refractivity contribution in [2.75, 3.05) is 18.1 Å². The average Bonchev–Trinajstić information content (AvgIpc) is 2.42. The molecule has 1 rings (SSSR count). The van der Waals surface area contributed by atoms with Crippen LogP contribution in [-0.4, -0.2) is 24.0 Å². The molecule has 1 amide bonds. The lowest BCUT2D eigenvalue weighted by molar-refractivity contribution is 0.0952. The fourth-order valence-corrected chi connectivity index (χ4v) is 2.18. The summed E-state index contributed by atoms with van der Waals surface area (Å²) in [5.74, 6) is 0.687. The van der Waals surface area contributed by atoms with E-state index in [-0.39, 0.29) is 5.91 Å². The molecule has 4 heteroatoms. The third-order valence-electron chi connectivity index (χ3n) is 2.68. The number of amides is 1. The van der Waals surface area contributed by atoms with Gasteiger partial charge in [0.05, 0.1) is 7.11 Å². The first-order chi connectivity index (χ1) is 8.77. The Morgan fingerprint density at radius 1 is 1.28 bits per heavy atom. The van der Waals surface area contributed by atoms with Crippen LogP contribution in [0.25, 0.3) is 0 Å². The Morgan fingerprint density at radius 2 is 2.06 bits per heavy atom. The molecule has 0 aliphatic rings. The standard InChI is InChI=1S/C14H20INO2/c1-18-13-8-6-7-12(11-13)14(17)16-10-5-3-2-4-9-15/h6-8,11H,2-5,9-10H2,1H3,(H,16,17). The van der Waals surface area contributed by atoms with Crippen LogP contribution in [0.4, 0.5) is 0 Å². The van der Waals surface area contributed by atoms with E-state index in [4.69, 9.17) is 4.74 Å². The number of hydrogen-bond donors (Lipinski definition) is 1. The van der Waals surface area contributed by atoms with Gasteiger partial charge in [0, 0.05) is 12.1 Å². The summed E-state index contributed by atoms with van der Waals surface area (Å²) in [6, 6.07) is 7.22. The smallest absolute Gasteiger partial charge is 0.251 e. The highest BCUT2D eigenvalue weighted by Crippen LogP contribution is 2.12. The normalized spacial score (nSPS) is 10.1. The molecule has 1 N–H and O–H groups in total. The van der Waals surface area contributed by atoms with Gasteiger partial charge in [0.15, 0.2) is 0 Å². The third-order valence-corrected chi connectivity index (χ3v) is 3.44. The summed E-state index contributed by atoms with van der Waals surface area (Å²) in [5, 5.41) is 2.93. The van der Waals surface area contributed by atoms with Crippen molar-refractivity contribution >= 4 is 28.5 Å². The van der Waals surface area contributed by atoms with E-state index in [1.165, 1.54) is 23.7 Å². The van der Waals surface area contributed by atoms with Crippen LogP contribution in [0.15, 0.2) is 24.3 Å². The Labute approximate surface area is 122 Å². The van der Waals surface area contributed by atoms with E-state index >= 15 is 0 Å². The number of halogens is 1. The topological polar surface area (TPSA) is 38.3 Å². The molecule has 0 saturated heterocycles. The number of methoxy groups -OCH3 is 1. The Bertz CT molecular complexity index is 369. The van der Waals surface area contributed by atoms with Crippen molar-refractivity contribution in [3.63, 3.8) is 0 Å². The lowest BCUT2D eigenvalue weighted by Crippen LogP contribution is -2.24. The molecule has 0 radical (unpaired) electrons. The van der Waals surface area contributed by atoms with Crippen LogP contribution >= 0.6 is 22.6 Å². The van der Waals surface area contributed by atoms with Crippen LogP contribution in [0.5, 0.6) is 5.75 Å². The first kappa shape index (κ1) is 15.3. The second kappa shape index (κ2) is 9.19. The molecule has 0 spiro atoms. The Morgan fingerprint density at radius 3 is 2.78 bits per heavy atom. The highest BCUT2D eigenvalue weighted by molar-refractivity contribution is 14.1. The number of ether oxygens (including phenoxy) is 1. The number of unbranched alkanes of at least 4 members (excludes halogenated alkanes) is 3. The molecular formula is C14H20INO2. The quantitative estimate of drug-likeness (QED) is 0.438. The number of alkyl halides is 1. The van der Waals surface area contributed by atoms with E-state index in [0.717, 1.165) is 13.0 Å². The number of carbonyl (C=O) groups excluding carboxylic acids is 1. The van der Waals surface area contributed by atoms with E-state index in [1.807, 2.05) is 12.1 Å². The van der Waals surface area contributed by atoms with Gasteiger partial charge >= 0.3 is 0 Å². The SMILES string of the molecule is COc1cccc(C(=O)NCCCCCCI)c1. The number of benzene rings is 1. The van der Waals surface area contributed by atoms with E-state index in [9.17, 15) is 4.79 Å². The number of hydrogen-bond acceptors (Lipinski definition) is 2. The van der Waals surface area contributed by atoms with Crippen LogP contribution in [0, 0.1) is 0 Å². The van der Waals surface area contributed by atoms with Gasteiger partial charge in [-0.1, -0.05) is 41.5 Å². The monoisotopic (exact) mass is 361 g/mol. The fourth-order valence-electron chi connectivity index (χ4n) is 1.64.